The van der Waals surface area contributed by atoms with Crippen LogP contribution >= 0.6 is 0 Å². The normalized spacial score (nSPS) is 13.6. The van der Waals surface area contributed by atoms with Gasteiger partial charge in [0, 0.05) is 26.1 Å². The molecule has 0 fully saturated rings. The summed E-state index contributed by atoms with van der Waals surface area (Å²) in [5.74, 6) is -0.0529. The molecule has 5 rings (SSSR count). The smallest absolute Gasteiger partial charge is 0.331 e. The Hall–Kier alpha value is -4.19. The number of carbonyl (C=O) groups is 1. The third-order valence-corrected chi connectivity index (χ3v) is 6.85. The maximum atomic E-state index is 13.5. The van der Waals surface area contributed by atoms with E-state index in [1.54, 1.807) is 27.7 Å². The maximum Gasteiger partial charge on any atom is 0.331 e. The maximum absolute atomic E-state index is 13.5. The Labute approximate surface area is 209 Å². The summed E-state index contributed by atoms with van der Waals surface area (Å²) in [4.78, 5) is 41.4. The largest absolute Gasteiger partial charge is 0.339 e. The van der Waals surface area contributed by atoms with Crippen molar-refractivity contribution in [2.45, 2.75) is 32.9 Å². The molecule has 1 amide bonds. The van der Waals surface area contributed by atoms with Gasteiger partial charge in [0.25, 0.3) is 5.56 Å². The number of rotatable bonds is 6. The Bertz CT molecular complexity index is 1550. The zero-order valence-electron chi connectivity index (χ0n) is 20.4. The highest BCUT2D eigenvalue weighted by Gasteiger charge is 2.19. The van der Waals surface area contributed by atoms with Crippen molar-refractivity contribution in [2.75, 3.05) is 13.1 Å². The number of para-hydroxylation sites is 1. The van der Waals surface area contributed by atoms with Crippen molar-refractivity contribution in [3.05, 3.63) is 122 Å². The second-order valence-electron chi connectivity index (χ2n) is 9.26. The predicted molar refractivity (Wildman–Crippen MR) is 143 cm³/mol. The summed E-state index contributed by atoms with van der Waals surface area (Å²) in [6.45, 7) is 3.59. The van der Waals surface area contributed by atoms with Crippen LogP contribution in [0.2, 0.25) is 0 Å². The molecule has 0 bridgehead atoms. The van der Waals surface area contributed by atoms with Crippen LogP contribution in [0.1, 0.15) is 29.5 Å². The molecular weight excluding hydrogens is 450 g/mol. The van der Waals surface area contributed by atoms with Gasteiger partial charge in [-0.15, -0.1) is 0 Å². The van der Waals surface area contributed by atoms with E-state index in [0.717, 1.165) is 17.5 Å². The SMILES string of the molecule is Cc1ccc(Cn2c(=O)n(CCC(=O)N3CC=C(c4ccccc4)CC3)c(=O)c3ccccc32)cc1. The number of fused-ring (bicyclic) bond motifs is 1. The van der Waals surface area contributed by atoms with Gasteiger partial charge in [-0.1, -0.05) is 78.4 Å². The van der Waals surface area contributed by atoms with Crippen molar-refractivity contribution < 1.29 is 4.79 Å². The molecular formula is C30H29N3O3. The summed E-state index contributed by atoms with van der Waals surface area (Å²) in [7, 11) is 0. The van der Waals surface area contributed by atoms with E-state index in [-0.39, 0.29) is 24.4 Å². The van der Waals surface area contributed by atoms with E-state index in [9.17, 15) is 14.4 Å². The van der Waals surface area contributed by atoms with Crippen LogP contribution in [0.15, 0.2) is 94.5 Å². The monoisotopic (exact) mass is 479 g/mol. The Balaban J connectivity index is 1.37. The van der Waals surface area contributed by atoms with Gasteiger partial charge in [-0.2, -0.15) is 0 Å². The third kappa shape index (κ3) is 4.80. The lowest BCUT2D eigenvalue weighted by Crippen LogP contribution is -2.42. The van der Waals surface area contributed by atoms with Gasteiger partial charge in [-0.25, -0.2) is 4.79 Å². The topological polar surface area (TPSA) is 64.3 Å². The van der Waals surface area contributed by atoms with Gasteiger partial charge >= 0.3 is 5.69 Å². The van der Waals surface area contributed by atoms with E-state index in [0.29, 0.717) is 30.5 Å². The molecule has 36 heavy (non-hydrogen) atoms. The standard InChI is InChI=1S/C30H29N3O3/c1-22-11-13-23(14-12-22)21-33-27-10-6-5-9-26(27)29(35)32(30(33)36)20-17-28(34)31-18-15-25(16-19-31)24-7-3-2-4-8-24/h2-15H,16-21H2,1H3. The van der Waals surface area contributed by atoms with E-state index in [1.165, 1.54) is 15.7 Å². The van der Waals surface area contributed by atoms with E-state index in [2.05, 4.69) is 18.2 Å². The molecule has 6 nitrogen and oxygen atoms in total. The van der Waals surface area contributed by atoms with Crippen molar-refractivity contribution in [3.63, 3.8) is 0 Å². The predicted octanol–water partition coefficient (Wildman–Crippen LogP) is 4.23. The minimum Gasteiger partial charge on any atom is -0.339 e. The fourth-order valence-electron chi connectivity index (χ4n) is 4.77. The van der Waals surface area contributed by atoms with Gasteiger partial charge in [-0.3, -0.25) is 18.7 Å². The van der Waals surface area contributed by atoms with Gasteiger partial charge in [0.1, 0.15) is 0 Å². The van der Waals surface area contributed by atoms with Crippen LogP contribution in [-0.4, -0.2) is 33.0 Å². The second kappa shape index (κ2) is 10.2. The fourth-order valence-corrected chi connectivity index (χ4v) is 4.77. The summed E-state index contributed by atoms with van der Waals surface area (Å²) in [6, 6.07) is 25.3. The fraction of sp³-hybridized carbons (Fsp3) is 0.233. The van der Waals surface area contributed by atoms with Gasteiger partial charge in [-0.05, 0) is 42.2 Å². The Morgan fingerprint density at radius 2 is 1.58 bits per heavy atom. The average molecular weight is 480 g/mol. The molecule has 0 saturated heterocycles. The first-order valence-corrected chi connectivity index (χ1v) is 12.3. The molecule has 0 aliphatic carbocycles. The number of benzene rings is 3. The number of hydrogen-bond donors (Lipinski definition) is 0. The summed E-state index contributed by atoms with van der Waals surface area (Å²) >= 11 is 0. The average Bonchev–Trinajstić information content (AvgIpc) is 2.92. The molecule has 0 atom stereocenters. The lowest BCUT2D eigenvalue weighted by atomic mass is 9.99. The first kappa shape index (κ1) is 23.5. The first-order chi connectivity index (χ1) is 17.5. The number of amides is 1. The Morgan fingerprint density at radius 1 is 0.861 bits per heavy atom. The zero-order chi connectivity index (χ0) is 25.1. The van der Waals surface area contributed by atoms with E-state index in [1.807, 2.05) is 55.5 Å². The highest BCUT2D eigenvalue weighted by Crippen LogP contribution is 2.22. The van der Waals surface area contributed by atoms with Crippen molar-refractivity contribution in [1.82, 2.24) is 14.0 Å². The molecule has 6 heteroatoms. The molecule has 0 saturated carbocycles. The molecule has 0 N–H and O–H groups in total. The minimum absolute atomic E-state index is 0.0529. The molecule has 1 aromatic heterocycles. The molecule has 3 aromatic carbocycles. The minimum atomic E-state index is -0.392. The van der Waals surface area contributed by atoms with E-state index < -0.39 is 5.69 Å². The summed E-state index contributed by atoms with van der Waals surface area (Å²) in [6.07, 6.45) is 2.98. The molecule has 182 valence electrons. The number of hydrogen-bond acceptors (Lipinski definition) is 3. The van der Waals surface area contributed by atoms with Gasteiger partial charge in [0.2, 0.25) is 5.91 Å². The second-order valence-corrected chi connectivity index (χ2v) is 9.26. The third-order valence-electron chi connectivity index (χ3n) is 6.85. The molecule has 0 spiro atoms. The van der Waals surface area contributed by atoms with Crippen molar-refractivity contribution in [1.29, 1.82) is 0 Å². The van der Waals surface area contributed by atoms with Gasteiger partial charge in [0.15, 0.2) is 0 Å². The zero-order valence-corrected chi connectivity index (χ0v) is 20.4. The summed E-state index contributed by atoms with van der Waals surface area (Å²) < 4.78 is 2.84. The molecule has 2 heterocycles. The first-order valence-electron chi connectivity index (χ1n) is 12.3. The molecule has 0 unspecified atom stereocenters. The lowest BCUT2D eigenvalue weighted by Gasteiger charge is -2.27. The van der Waals surface area contributed by atoms with Crippen LogP contribution in [0.4, 0.5) is 0 Å². The van der Waals surface area contributed by atoms with Gasteiger partial charge in [0.05, 0.1) is 17.4 Å². The molecule has 4 aromatic rings. The number of carbonyl (C=O) groups excluding carboxylic acids is 1. The Morgan fingerprint density at radius 3 is 2.31 bits per heavy atom. The lowest BCUT2D eigenvalue weighted by molar-refractivity contribution is -0.131. The van der Waals surface area contributed by atoms with E-state index in [4.69, 9.17) is 0 Å². The Kier molecular flexibility index (Phi) is 6.67. The van der Waals surface area contributed by atoms with Crippen molar-refractivity contribution in [2.24, 2.45) is 0 Å². The summed E-state index contributed by atoms with van der Waals surface area (Å²) in [5, 5.41) is 0.477. The highest BCUT2D eigenvalue weighted by molar-refractivity contribution is 5.79. The van der Waals surface area contributed by atoms with Crippen LogP contribution in [-0.2, 0) is 17.9 Å². The van der Waals surface area contributed by atoms with Gasteiger partial charge < -0.3 is 4.90 Å². The highest BCUT2D eigenvalue weighted by atomic mass is 16.2. The van der Waals surface area contributed by atoms with Crippen LogP contribution < -0.4 is 11.2 Å². The number of aromatic nitrogens is 2. The molecule has 1 aliphatic rings. The van der Waals surface area contributed by atoms with Crippen LogP contribution in [0.5, 0.6) is 0 Å². The molecule has 0 radical (unpaired) electrons. The number of aryl methyl sites for hydroxylation is 1. The van der Waals surface area contributed by atoms with Crippen molar-refractivity contribution >= 4 is 22.4 Å². The summed E-state index contributed by atoms with van der Waals surface area (Å²) in [5.41, 5.74) is 4.40. The number of nitrogens with zero attached hydrogens (tertiary/aromatic N) is 3. The van der Waals surface area contributed by atoms with E-state index >= 15 is 0 Å². The molecule has 1 aliphatic heterocycles. The quantitative estimate of drug-likeness (QED) is 0.416. The van der Waals surface area contributed by atoms with Crippen LogP contribution in [0.3, 0.4) is 0 Å². The van der Waals surface area contributed by atoms with Crippen LogP contribution in [0.25, 0.3) is 16.5 Å². The van der Waals surface area contributed by atoms with Crippen LogP contribution in [0, 0.1) is 6.92 Å². The van der Waals surface area contributed by atoms with Crippen molar-refractivity contribution in [3.8, 4) is 0 Å².